The number of hydrogen-bond donors (Lipinski definition) is 0. The number of hydrogen-bond acceptors (Lipinski definition) is 0. The fourth-order valence-electron chi connectivity index (χ4n) is 3.45. The van der Waals surface area contributed by atoms with Crippen LogP contribution < -0.4 is 0 Å². The van der Waals surface area contributed by atoms with Crippen molar-refractivity contribution in [1.82, 2.24) is 0 Å². The van der Waals surface area contributed by atoms with Gasteiger partial charge in [0.25, 0.3) is 0 Å². The van der Waals surface area contributed by atoms with Crippen LogP contribution in [-0.4, -0.2) is 12.3 Å². The maximum absolute atomic E-state index is 13.7. The molecule has 0 aromatic rings. The molecule has 0 nitrogen and oxygen atoms in total. The van der Waals surface area contributed by atoms with Crippen LogP contribution in [0, 0.1) is 23.7 Å². The van der Waals surface area contributed by atoms with E-state index in [9.17, 15) is 8.78 Å². The van der Waals surface area contributed by atoms with Crippen LogP contribution in [0.2, 0.25) is 0 Å². The molecule has 0 N–H and O–H groups in total. The molecule has 0 bridgehead atoms. The van der Waals surface area contributed by atoms with Crippen molar-refractivity contribution in [3.63, 3.8) is 0 Å². The Morgan fingerprint density at radius 3 is 1.38 bits per heavy atom. The topological polar surface area (TPSA) is 0 Å². The Labute approximate surface area is 97.8 Å². The lowest BCUT2D eigenvalue weighted by atomic mass is 9.68. The third-order valence-electron chi connectivity index (χ3n) is 4.94. The van der Waals surface area contributed by atoms with Crippen molar-refractivity contribution in [3.8, 4) is 0 Å². The monoisotopic (exact) mass is 230 g/mol. The maximum Gasteiger partial charge on any atom is 0.103 e. The van der Waals surface area contributed by atoms with E-state index in [1.165, 1.54) is 0 Å². The van der Waals surface area contributed by atoms with Crippen molar-refractivity contribution >= 4 is 0 Å². The molecule has 16 heavy (non-hydrogen) atoms. The lowest BCUT2D eigenvalue weighted by molar-refractivity contribution is 0.0541. The van der Waals surface area contributed by atoms with Gasteiger partial charge in [0.15, 0.2) is 0 Å². The van der Waals surface area contributed by atoms with Gasteiger partial charge in [-0.2, -0.15) is 0 Å². The fourth-order valence-corrected chi connectivity index (χ4v) is 3.45. The van der Waals surface area contributed by atoms with E-state index < -0.39 is 12.3 Å². The molecular weight excluding hydrogens is 206 g/mol. The van der Waals surface area contributed by atoms with E-state index in [0.717, 1.165) is 25.7 Å². The summed E-state index contributed by atoms with van der Waals surface area (Å²) < 4.78 is 27.3. The average Bonchev–Trinajstić information content (AvgIpc) is 2.26. The molecule has 0 aliphatic heterocycles. The second-order valence-corrected chi connectivity index (χ2v) is 6.13. The first-order valence-corrected chi connectivity index (χ1v) is 6.86. The first-order chi connectivity index (χ1) is 7.58. The van der Waals surface area contributed by atoms with E-state index in [2.05, 4.69) is 0 Å². The summed E-state index contributed by atoms with van der Waals surface area (Å²) in [5, 5.41) is 0. The summed E-state index contributed by atoms with van der Waals surface area (Å²) in [6.45, 7) is 4.00. The summed E-state index contributed by atoms with van der Waals surface area (Å²) in [7, 11) is 0. The molecule has 0 aromatic heterocycles. The van der Waals surface area contributed by atoms with Crippen LogP contribution in [-0.2, 0) is 0 Å². The van der Waals surface area contributed by atoms with Crippen molar-refractivity contribution in [2.75, 3.05) is 0 Å². The highest BCUT2D eigenvalue weighted by Gasteiger charge is 2.36. The van der Waals surface area contributed by atoms with Crippen LogP contribution in [0.3, 0.4) is 0 Å². The van der Waals surface area contributed by atoms with Crippen molar-refractivity contribution < 1.29 is 8.78 Å². The Bertz CT molecular complexity index is 205. The zero-order chi connectivity index (χ0) is 11.7. The molecule has 2 aliphatic rings. The predicted octanol–water partition coefficient (Wildman–Crippen LogP) is 4.54. The lowest BCUT2D eigenvalue weighted by Crippen LogP contribution is -2.34. The standard InChI is InChI=1S/C14H24F2/c1-9-3-5-11(7-13(9)15)12-6-4-10(2)14(16)8-12/h9-14H,3-8H2,1-2H3. The fraction of sp³-hybridized carbons (Fsp3) is 1.00. The van der Waals surface area contributed by atoms with Gasteiger partial charge >= 0.3 is 0 Å². The lowest BCUT2D eigenvalue weighted by Gasteiger charge is -2.39. The second-order valence-electron chi connectivity index (χ2n) is 6.13. The van der Waals surface area contributed by atoms with E-state index >= 15 is 0 Å². The third-order valence-corrected chi connectivity index (χ3v) is 4.94. The Hall–Kier alpha value is -0.140. The quantitative estimate of drug-likeness (QED) is 0.620. The van der Waals surface area contributed by atoms with Gasteiger partial charge in [0, 0.05) is 0 Å². The molecule has 0 heterocycles. The Kier molecular flexibility index (Phi) is 3.86. The van der Waals surface area contributed by atoms with Gasteiger partial charge in [-0.25, -0.2) is 8.78 Å². The molecule has 94 valence electrons. The Morgan fingerprint density at radius 2 is 1.06 bits per heavy atom. The van der Waals surface area contributed by atoms with Gasteiger partial charge in [-0.1, -0.05) is 13.8 Å². The van der Waals surface area contributed by atoms with Crippen molar-refractivity contribution in [1.29, 1.82) is 0 Å². The molecule has 2 aliphatic carbocycles. The van der Waals surface area contributed by atoms with Gasteiger partial charge < -0.3 is 0 Å². The van der Waals surface area contributed by atoms with Crippen LogP contribution in [0.15, 0.2) is 0 Å². The van der Waals surface area contributed by atoms with Crippen LogP contribution >= 0.6 is 0 Å². The minimum atomic E-state index is -0.642. The second kappa shape index (κ2) is 5.01. The van der Waals surface area contributed by atoms with Crippen molar-refractivity contribution in [2.24, 2.45) is 23.7 Å². The van der Waals surface area contributed by atoms with Crippen molar-refractivity contribution in [3.05, 3.63) is 0 Å². The highest BCUT2D eigenvalue weighted by atomic mass is 19.1. The molecule has 2 fully saturated rings. The SMILES string of the molecule is CC1CCC(C2CCC(C)C(F)C2)CC1F. The molecule has 0 spiro atoms. The molecule has 0 amide bonds. The van der Waals surface area contributed by atoms with Gasteiger partial charge in [-0.15, -0.1) is 0 Å². The molecule has 0 radical (unpaired) electrons. The average molecular weight is 230 g/mol. The number of halogens is 2. The van der Waals surface area contributed by atoms with E-state index in [4.69, 9.17) is 0 Å². The minimum Gasteiger partial charge on any atom is -0.247 e. The summed E-state index contributed by atoms with van der Waals surface area (Å²) in [4.78, 5) is 0. The third kappa shape index (κ3) is 2.57. The number of alkyl halides is 2. The molecule has 2 rings (SSSR count). The normalized spacial score (nSPS) is 50.2. The summed E-state index contributed by atoms with van der Waals surface area (Å²) in [5.41, 5.74) is 0. The highest BCUT2D eigenvalue weighted by Crippen LogP contribution is 2.42. The summed E-state index contributed by atoms with van der Waals surface area (Å²) in [5.74, 6) is 1.36. The van der Waals surface area contributed by atoms with Gasteiger partial charge in [-0.3, -0.25) is 0 Å². The van der Waals surface area contributed by atoms with Crippen molar-refractivity contribution in [2.45, 2.75) is 64.7 Å². The van der Waals surface area contributed by atoms with Crippen LogP contribution in [0.5, 0.6) is 0 Å². The molecule has 0 aromatic carbocycles. The van der Waals surface area contributed by atoms with E-state index in [1.54, 1.807) is 0 Å². The van der Waals surface area contributed by atoms with Crippen LogP contribution in [0.25, 0.3) is 0 Å². The smallest absolute Gasteiger partial charge is 0.103 e. The molecule has 6 atom stereocenters. The van der Waals surface area contributed by atoms with Gasteiger partial charge in [0.2, 0.25) is 0 Å². The summed E-state index contributed by atoms with van der Waals surface area (Å²) in [6, 6.07) is 0. The van der Waals surface area contributed by atoms with E-state index in [0.29, 0.717) is 24.7 Å². The largest absolute Gasteiger partial charge is 0.247 e. The Morgan fingerprint density at radius 1 is 0.688 bits per heavy atom. The van der Waals surface area contributed by atoms with Gasteiger partial charge in [-0.05, 0) is 62.2 Å². The van der Waals surface area contributed by atoms with E-state index in [-0.39, 0.29) is 11.8 Å². The maximum atomic E-state index is 13.7. The van der Waals surface area contributed by atoms with Crippen LogP contribution in [0.4, 0.5) is 8.78 Å². The molecule has 0 saturated heterocycles. The molecular formula is C14H24F2. The summed E-state index contributed by atoms with van der Waals surface area (Å²) >= 11 is 0. The predicted molar refractivity (Wildman–Crippen MR) is 62.8 cm³/mol. The summed E-state index contributed by atoms with van der Waals surface area (Å²) in [6.07, 6.45) is 4.32. The Balaban J connectivity index is 1.88. The van der Waals surface area contributed by atoms with Gasteiger partial charge in [0.05, 0.1) is 0 Å². The molecule has 6 unspecified atom stereocenters. The van der Waals surface area contributed by atoms with Gasteiger partial charge in [0.1, 0.15) is 12.3 Å². The van der Waals surface area contributed by atoms with Crippen LogP contribution in [0.1, 0.15) is 52.4 Å². The van der Waals surface area contributed by atoms with E-state index in [1.807, 2.05) is 13.8 Å². The number of rotatable bonds is 1. The zero-order valence-corrected chi connectivity index (χ0v) is 10.5. The first-order valence-electron chi connectivity index (χ1n) is 6.86. The zero-order valence-electron chi connectivity index (χ0n) is 10.5. The minimum absolute atomic E-state index is 0.222. The highest BCUT2D eigenvalue weighted by molar-refractivity contribution is 4.86. The molecule has 2 heteroatoms. The molecule has 2 saturated carbocycles. The first kappa shape index (κ1) is 12.3.